The number of rotatable bonds is 4. The highest BCUT2D eigenvalue weighted by atomic mass is 19.4. The predicted octanol–water partition coefficient (Wildman–Crippen LogP) is 5.04. The second-order valence-corrected chi connectivity index (χ2v) is 7.59. The summed E-state index contributed by atoms with van der Waals surface area (Å²) in [5, 5.41) is 0. The summed E-state index contributed by atoms with van der Waals surface area (Å²) in [6.45, 7) is 3.56. The van der Waals surface area contributed by atoms with E-state index in [1.807, 2.05) is 12.1 Å². The lowest BCUT2D eigenvalue weighted by Crippen LogP contribution is -2.33. The fourth-order valence-electron chi connectivity index (χ4n) is 3.89. The van der Waals surface area contributed by atoms with Gasteiger partial charge >= 0.3 is 6.18 Å². The van der Waals surface area contributed by atoms with Crippen molar-refractivity contribution < 1.29 is 18.0 Å². The van der Waals surface area contributed by atoms with Gasteiger partial charge in [0.25, 0.3) is 0 Å². The third kappa shape index (κ3) is 4.20. The van der Waals surface area contributed by atoms with Crippen molar-refractivity contribution >= 4 is 11.5 Å². The van der Waals surface area contributed by atoms with Crippen LogP contribution < -0.4 is 4.90 Å². The molecule has 0 saturated heterocycles. The van der Waals surface area contributed by atoms with E-state index in [1.54, 1.807) is 24.5 Å². The molecule has 1 aromatic heterocycles. The van der Waals surface area contributed by atoms with Crippen molar-refractivity contribution in [2.45, 2.75) is 32.0 Å². The Bertz CT molecular complexity index is 1070. The number of hydrogen-bond donors (Lipinski definition) is 0. The number of anilines is 1. The fourth-order valence-corrected chi connectivity index (χ4v) is 3.89. The summed E-state index contributed by atoms with van der Waals surface area (Å²) >= 11 is 0. The van der Waals surface area contributed by atoms with Crippen LogP contribution in [0.3, 0.4) is 0 Å². The summed E-state index contributed by atoms with van der Waals surface area (Å²) in [5.74, 6) is 0.0616. The third-order valence-corrected chi connectivity index (χ3v) is 5.38. The monoisotopic (exact) mass is 411 g/mol. The van der Waals surface area contributed by atoms with Gasteiger partial charge in [0.2, 0.25) is 0 Å². The molecule has 30 heavy (non-hydrogen) atoms. The van der Waals surface area contributed by atoms with Gasteiger partial charge in [-0.1, -0.05) is 37.3 Å². The Kier molecular flexibility index (Phi) is 5.28. The molecule has 1 atom stereocenters. The van der Waals surface area contributed by atoms with Gasteiger partial charge in [0.1, 0.15) is 6.33 Å². The van der Waals surface area contributed by atoms with E-state index >= 15 is 0 Å². The van der Waals surface area contributed by atoms with Crippen LogP contribution in [0, 0.1) is 0 Å². The van der Waals surface area contributed by atoms with E-state index in [9.17, 15) is 18.0 Å². The normalized spacial score (nSPS) is 16.3. The van der Waals surface area contributed by atoms with Crippen LogP contribution in [-0.4, -0.2) is 22.3 Å². The number of benzene rings is 2. The lowest BCUT2D eigenvalue weighted by molar-refractivity contribution is -0.137. The number of Topliss-reactive ketones (excluding diaryl/α,β-unsaturated/α-hetero) is 1. The first-order valence-corrected chi connectivity index (χ1v) is 9.63. The van der Waals surface area contributed by atoms with Crippen LogP contribution in [0.15, 0.2) is 61.2 Å². The minimum atomic E-state index is -4.42. The third-order valence-electron chi connectivity index (χ3n) is 5.38. The van der Waals surface area contributed by atoms with Gasteiger partial charge in [0.15, 0.2) is 5.78 Å². The van der Waals surface area contributed by atoms with Gasteiger partial charge in [-0.15, -0.1) is 0 Å². The zero-order chi connectivity index (χ0) is 21.3. The van der Waals surface area contributed by atoms with Gasteiger partial charge in [0.05, 0.1) is 23.6 Å². The first-order valence-electron chi connectivity index (χ1n) is 9.63. The lowest BCUT2D eigenvalue weighted by atomic mass is 9.88. The maximum Gasteiger partial charge on any atom is 0.416 e. The highest BCUT2D eigenvalue weighted by Crippen LogP contribution is 2.32. The van der Waals surface area contributed by atoms with Crippen LogP contribution in [0.1, 0.15) is 45.5 Å². The molecule has 7 heteroatoms. The fraction of sp³-hybridized carbons (Fsp3) is 0.261. The molecule has 154 valence electrons. The van der Waals surface area contributed by atoms with E-state index in [0.29, 0.717) is 17.7 Å². The molecule has 2 aromatic carbocycles. The van der Waals surface area contributed by atoms with E-state index in [4.69, 9.17) is 0 Å². The second-order valence-electron chi connectivity index (χ2n) is 7.59. The lowest BCUT2D eigenvalue weighted by Gasteiger charge is -2.34. The average Bonchev–Trinajstić information content (AvgIpc) is 2.73. The highest BCUT2D eigenvalue weighted by Gasteiger charge is 2.30. The molecule has 1 aliphatic heterocycles. The van der Waals surface area contributed by atoms with Crippen LogP contribution in [0.4, 0.5) is 18.9 Å². The van der Waals surface area contributed by atoms with Gasteiger partial charge in [0, 0.05) is 25.1 Å². The van der Waals surface area contributed by atoms with Crippen LogP contribution in [0.5, 0.6) is 0 Å². The number of ketones is 1. The van der Waals surface area contributed by atoms with Crippen molar-refractivity contribution in [3.05, 3.63) is 89.0 Å². The summed E-state index contributed by atoms with van der Waals surface area (Å²) < 4.78 is 38.8. The maximum absolute atomic E-state index is 12.9. The number of carbonyl (C=O) groups is 1. The van der Waals surface area contributed by atoms with Crippen molar-refractivity contribution in [2.24, 2.45) is 0 Å². The Hall–Kier alpha value is -3.22. The first-order chi connectivity index (χ1) is 14.3. The van der Waals surface area contributed by atoms with E-state index in [-0.39, 0.29) is 18.1 Å². The van der Waals surface area contributed by atoms with E-state index in [1.165, 1.54) is 18.0 Å². The number of halogens is 3. The minimum Gasteiger partial charge on any atom is -0.364 e. The van der Waals surface area contributed by atoms with Crippen molar-refractivity contribution in [1.29, 1.82) is 0 Å². The molecule has 0 saturated carbocycles. The molecule has 0 bridgehead atoms. The van der Waals surface area contributed by atoms with Crippen molar-refractivity contribution in [3.8, 4) is 0 Å². The minimum absolute atomic E-state index is 0.0749. The summed E-state index contributed by atoms with van der Waals surface area (Å²) in [7, 11) is 0. The SMILES string of the molecule is CC1CN(c2cncnc2)Cc2cc(C(=O)Cc3cccc(C(F)(F)F)c3)ccc21. The highest BCUT2D eigenvalue weighted by molar-refractivity contribution is 5.97. The molecule has 0 spiro atoms. The van der Waals surface area contributed by atoms with E-state index in [2.05, 4.69) is 21.8 Å². The van der Waals surface area contributed by atoms with Crippen molar-refractivity contribution in [1.82, 2.24) is 9.97 Å². The Morgan fingerprint density at radius 1 is 1.13 bits per heavy atom. The zero-order valence-corrected chi connectivity index (χ0v) is 16.4. The van der Waals surface area contributed by atoms with Crippen LogP contribution in [0.25, 0.3) is 0 Å². The van der Waals surface area contributed by atoms with Crippen molar-refractivity contribution in [2.75, 3.05) is 11.4 Å². The quantitative estimate of drug-likeness (QED) is 0.564. The number of carbonyl (C=O) groups excluding carboxylic acids is 1. The molecular weight excluding hydrogens is 391 g/mol. The Balaban J connectivity index is 1.56. The maximum atomic E-state index is 12.9. The molecule has 0 N–H and O–H groups in total. The van der Waals surface area contributed by atoms with E-state index < -0.39 is 11.7 Å². The van der Waals surface area contributed by atoms with Gasteiger partial charge in [-0.25, -0.2) is 9.97 Å². The largest absolute Gasteiger partial charge is 0.416 e. The molecule has 1 unspecified atom stereocenters. The molecular formula is C23H20F3N3O. The van der Waals surface area contributed by atoms with Crippen LogP contribution in [0.2, 0.25) is 0 Å². The Morgan fingerprint density at radius 3 is 2.63 bits per heavy atom. The second kappa shape index (κ2) is 7.89. The molecule has 0 fully saturated rings. The predicted molar refractivity (Wildman–Crippen MR) is 107 cm³/mol. The number of alkyl halides is 3. The summed E-state index contributed by atoms with van der Waals surface area (Å²) in [5.41, 5.74) is 3.24. The van der Waals surface area contributed by atoms with Gasteiger partial charge in [-0.3, -0.25) is 4.79 Å². The Morgan fingerprint density at radius 2 is 1.90 bits per heavy atom. The number of aromatic nitrogens is 2. The smallest absolute Gasteiger partial charge is 0.364 e. The summed E-state index contributed by atoms with van der Waals surface area (Å²) in [4.78, 5) is 23.1. The summed E-state index contributed by atoms with van der Waals surface area (Å²) in [6.07, 6.45) is 0.496. The molecule has 2 heterocycles. The standard InChI is InChI=1S/C23H20F3N3O/c1-15-12-29(20-10-27-14-28-11-20)13-18-9-17(5-6-21(15)18)22(30)8-16-3-2-4-19(7-16)23(24,25)26/h2-7,9-11,14-15H,8,12-13H2,1H3. The molecule has 0 amide bonds. The topological polar surface area (TPSA) is 46.1 Å². The molecule has 4 nitrogen and oxygen atoms in total. The molecule has 0 aliphatic carbocycles. The molecule has 3 aromatic rings. The van der Waals surface area contributed by atoms with Gasteiger partial charge < -0.3 is 4.90 Å². The number of hydrogen-bond acceptors (Lipinski definition) is 4. The first kappa shape index (κ1) is 20.1. The number of nitrogens with zero attached hydrogens (tertiary/aromatic N) is 3. The van der Waals surface area contributed by atoms with Crippen LogP contribution >= 0.6 is 0 Å². The van der Waals surface area contributed by atoms with Gasteiger partial charge in [-0.2, -0.15) is 13.2 Å². The van der Waals surface area contributed by atoms with Crippen LogP contribution in [-0.2, 0) is 19.1 Å². The average molecular weight is 411 g/mol. The van der Waals surface area contributed by atoms with Crippen molar-refractivity contribution in [3.63, 3.8) is 0 Å². The molecule has 1 aliphatic rings. The zero-order valence-electron chi connectivity index (χ0n) is 16.4. The summed E-state index contributed by atoms with van der Waals surface area (Å²) in [6, 6.07) is 10.5. The molecule has 4 rings (SSSR count). The Labute approximate surface area is 172 Å². The van der Waals surface area contributed by atoms with E-state index in [0.717, 1.165) is 29.9 Å². The van der Waals surface area contributed by atoms with Gasteiger partial charge in [-0.05, 0) is 34.7 Å². The number of fused-ring (bicyclic) bond motifs is 1. The molecule has 0 radical (unpaired) electrons.